The van der Waals surface area contributed by atoms with Crippen LogP contribution in [0.15, 0.2) is 82.6 Å². The minimum Gasteiger partial charge on any atom is -0.369 e. The highest BCUT2D eigenvalue weighted by atomic mass is 35.5. The van der Waals surface area contributed by atoms with Gasteiger partial charge in [-0.2, -0.15) is 0 Å². The van der Waals surface area contributed by atoms with E-state index in [1.807, 2.05) is 24.3 Å². The molecule has 0 spiro atoms. The van der Waals surface area contributed by atoms with Gasteiger partial charge in [-0.1, -0.05) is 59.8 Å². The van der Waals surface area contributed by atoms with E-state index in [1.54, 1.807) is 11.8 Å². The van der Waals surface area contributed by atoms with Crippen molar-refractivity contribution in [3.63, 3.8) is 0 Å². The van der Waals surface area contributed by atoms with Crippen molar-refractivity contribution in [3.8, 4) is 0 Å². The number of benzene rings is 3. The van der Waals surface area contributed by atoms with Gasteiger partial charge >= 0.3 is 0 Å². The van der Waals surface area contributed by atoms with Gasteiger partial charge in [-0.05, 0) is 53.9 Å². The van der Waals surface area contributed by atoms with Crippen molar-refractivity contribution in [3.05, 3.63) is 88.9 Å². The number of hydrogen-bond acceptors (Lipinski definition) is 4. The Hall–Kier alpha value is -2.47. The predicted octanol–water partition coefficient (Wildman–Crippen LogP) is 5.03. The van der Waals surface area contributed by atoms with Crippen LogP contribution in [0.1, 0.15) is 17.2 Å². The fraction of sp³-hybridized carbons (Fsp3) is 0.269. The number of halogens is 1. The number of nitrogens with zero attached hydrogens (tertiary/aromatic N) is 2. The summed E-state index contributed by atoms with van der Waals surface area (Å²) < 4.78 is 0. The lowest BCUT2D eigenvalue weighted by Crippen LogP contribution is -2.50. The van der Waals surface area contributed by atoms with Crippen LogP contribution in [0.25, 0.3) is 0 Å². The molecule has 1 amide bonds. The summed E-state index contributed by atoms with van der Waals surface area (Å²) in [5, 5.41) is 4.05. The maximum Gasteiger partial charge on any atom is 0.234 e. The van der Waals surface area contributed by atoms with Crippen LogP contribution in [0.4, 0.5) is 5.69 Å². The Morgan fingerprint density at radius 2 is 1.69 bits per heavy atom. The summed E-state index contributed by atoms with van der Waals surface area (Å²) in [6, 6.07) is 24.8. The van der Waals surface area contributed by atoms with Crippen LogP contribution in [0.2, 0.25) is 5.02 Å². The van der Waals surface area contributed by atoms with Crippen LogP contribution < -0.4 is 10.2 Å². The molecule has 32 heavy (non-hydrogen) atoms. The third kappa shape index (κ3) is 4.80. The Kier molecular flexibility index (Phi) is 6.39. The number of nitrogens with one attached hydrogen (secondary N) is 1. The first-order valence-corrected chi connectivity index (χ1v) is 12.2. The topological polar surface area (TPSA) is 35.6 Å². The van der Waals surface area contributed by atoms with E-state index in [9.17, 15) is 4.79 Å². The number of carbonyl (C=O) groups excluding carboxylic acids is 1. The van der Waals surface area contributed by atoms with Crippen LogP contribution in [-0.4, -0.2) is 43.5 Å². The quantitative estimate of drug-likeness (QED) is 0.588. The molecule has 164 valence electrons. The third-order valence-electron chi connectivity index (χ3n) is 6.16. The molecule has 0 bridgehead atoms. The number of anilines is 1. The minimum atomic E-state index is -0.0588. The maximum absolute atomic E-state index is 13.0. The summed E-state index contributed by atoms with van der Waals surface area (Å²) in [5.74, 6) is 0.0773. The van der Waals surface area contributed by atoms with Crippen molar-refractivity contribution in [1.29, 1.82) is 0 Å². The van der Waals surface area contributed by atoms with E-state index < -0.39 is 0 Å². The predicted molar refractivity (Wildman–Crippen MR) is 132 cm³/mol. The third-order valence-corrected chi connectivity index (χ3v) is 7.60. The molecule has 1 N–H and O–H groups in total. The molecule has 1 unspecified atom stereocenters. The number of rotatable bonds is 4. The zero-order valence-electron chi connectivity index (χ0n) is 17.8. The number of para-hydroxylation sites is 1. The van der Waals surface area contributed by atoms with Crippen LogP contribution in [0, 0.1) is 0 Å². The molecule has 2 aliphatic rings. The summed E-state index contributed by atoms with van der Waals surface area (Å²) in [6.07, 6.45) is 0.743. The highest BCUT2D eigenvalue weighted by Gasteiger charge is 2.25. The maximum atomic E-state index is 13.0. The lowest BCUT2D eigenvalue weighted by Gasteiger charge is -2.36. The second-order valence-corrected chi connectivity index (χ2v) is 9.84. The highest BCUT2D eigenvalue weighted by molar-refractivity contribution is 7.99. The molecule has 4 nitrogen and oxygen atoms in total. The zero-order valence-corrected chi connectivity index (χ0v) is 19.4. The fourth-order valence-electron chi connectivity index (χ4n) is 4.49. The zero-order chi connectivity index (χ0) is 21.9. The summed E-state index contributed by atoms with van der Waals surface area (Å²) in [6.45, 7) is 4.07. The van der Waals surface area contributed by atoms with Gasteiger partial charge in [0.2, 0.25) is 5.91 Å². The molecular formula is C26H26ClN3OS. The van der Waals surface area contributed by atoms with Gasteiger partial charge in [-0.15, -0.1) is 0 Å². The molecule has 1 saturated heterocycles. The van der Waals surface area contributed by atoms with E-state index in [0.29, 0.717) is 6.54 Å². The Labute approximate surface area is 198 Å². The van der Waals surface area contributed by atoms with Gasteiger partial charge in [0.25, 0.3) is 0 Å². The normalized spacial score (nSPS) is 18.4. The minimum absolute atomic E-state index is 0.0588. The average Bonchev–Trinajstić information content (AvgIpc) is 2.96. The van der Waals surface area contributed by atoms with Gasteiger partial charge in [0, 0.05) is 46.7 Å². The van der Waals surface area contributed by atoms with Crippen molar-refractivity contribution in [2.75, 3.05) is 37.6 Å². The van der Waals surface area contributed by atoms with Crippen LogP contribution in [0.3, 0.4) is 0 Å². The lowest BCUT2D eigenvalue weighted by atomic mass is 9.99. The Bertz CT molecular complexity index is 1100. The van der Waals surface area contributed by atoms with E-state index in [0.717, 1.165) is 37.6 Å². The van der Waals surface area contributed by atoms with Gasteiger partial charge in [-0.3, -0.25) is 9.69 Å². The number of hydrogen-bond donors (Lipinski definition) is 1. The van der Waals surface area contributed by atoms with Crippen molar-refractivity contribution in [1.82, 2.24) is 10.2 Å². The van der Waals surface area contributed by atoms with Crippen molar-refractivity contribution >= 4 is 35.0 Å². The fourth-order valence-corrected chi connectivity index (χ4v) is 5.81. The molecule has 0 aliphatic carbocycles. The smallest absolute Gasteiger partial charge is 0.234 e. The van der Waals surface area contributed by atoms with Crippen molar-refractivity contribution in [2.24, 2.45) is 0 Å². The van der Waals surface area contributed by atoms with Gasteiger partial charge in [0.15, 0.2) is 0 Å². The summed E-state index contributed by atoms with van der Waals surface area (Å²) >= 11 is 8.02. The van der Waals surface area contributed by atoms with Gasteiger partial charge < -0.3 is 10.2 Å². The molecule has 3 aromatic rings. The molecule has 6 heteroatoms. The molecule has 5 rings (SSSR count). The molecule has 0 radical (unpaired) electrons. The SMILES string of the molecule is O=C(CN1CCN(c2ccccc2)CC1)NC1Cc2cc(Cl)ccc2Sc2ccccc21. The largest absolute Gasteiger partial charge is 0.369 e. The average molecular weight is 464 g/mol. The second kappa shape index (κ2) is 9.57. The number of piperazine rings is 1. The lowest BCUT2D eigenvalue weighted by molar-refractivity contribution is -0.123. The van der Waals surface area contributed by atoms with Gasteiger partial charge in [0.05, 0.1) is 12.6 Å². The molecule has 3 aromatic carbocycles. The summed E-state index contributed by atoms with van der Waals surface area (Å²) in [5.41, 5.74) is 3.61. The first-order chi connectivity index (χ1) is 15.7. The second-order valence-electron chi connectivity index (χ2n) is 8.31. The van der Waals surface area contributed by atoms with Gasteiger partial charge in [0.1, 0.15) is 0 Å². The van der Waals surface area contributed by atoms with E-state index in [4.69, 9.17) is 11.6 Å². The molecular weight excluding hydrogens is 438 g/mol. The van der Waals surface area contributed by atoms with Crippen molar-refractivity contribution < 1.29 is 4.79 Å². The van der Waals surface area contributed by atoms with Crippen LogP contribution in [0.5, 0.6) is 0 Å². The molecule has 0 aromatic heterocycles. The molecule has 0 saturated carbocycles. The van der Waals surface area contributed by atoms with E-state index >= 15 is 0 Å². The Balaban J connectivity index is 1.25. The Morgan fingerprint density at radius 3 is 2.50 bits per heavy atom. The van der Waals surface area contributed by atoms with E-state index in [-0.39, 0.29) is 11.9 Å². The molecule has 2 aliphatic heterocycles. The molecule has 2 heterocycles. The number of amides is 1. The molecule has 1 atom stereocenters. The first-order valence-electron chi connectivity index (χ1n) is 11.0. The monoisotopic (exact) mass is 463 g/mol. The summed E-state index contributed by atoms with van der Waals surface area (Å²) in [7, 11) is 0. The van der Waals surface area contributed by atoms with Crippen LogP contribution in [-0.2, 0) is 11.2 Å². The number of carbonyl (C=O) groups is 1. The van der Waals surface area contributed by atoms with Crippen LogP contribution >= 0.6 is 23.4 Å². The summed E-state index contributed by atoms with van der Waals surface area (Å²) in [4.78, 5) is 20.1. The Morgan fingerprint density at radius 1 is 0.938 bits per heavy atom. The molecule has 1 fully saturated rings. The van der Waals surface area contributed by atoms with E-state index in [1.165, 1.54) is 26.6 Å². The van der Waals surface area contributed by atoms with E-state index in [2.05, 4.69) is 63.6 Å². The highest BCUT2D eigenvalue weighted by Crippen LogP contribution is 2.41. The van der Waals surface area contributed by atoms with Crippen molar-refractivity contribution in [2.45, 2.75) is 22.3 Å². The first kappa shape index (κ1) is 21.4. The standard InChI is InChI=1S/C26H26ClN3OS/c27-20-10-11-24-19(16-20)17-23(22-8-4-5-9-25(22)32-24)28-26(31)18-29-12-14-30(15-13-29)21-6-2-1-3-7-21/h1-11,16,23H,12-15,17-18H2,(H,28,31). The number of fused-ring (bicyclic) bond motifs is 2. The van der Waals surface area contributed by atoms with Gasteiger partial charge in [-0.25, -0.2) is 0 Å².